The molecule has 2 heterocycles. The van der Waals surface area contributed by atoms with Crippen LogP contribution in [0.2, 0.25) is 0 Å². The summed E-state index contributed by atoms with van der Waals surface area (Å²) in [4.78, 5) is 13.9. The van der Waals surface area contributed by atoms with Crippen molar-refractivity contribution in [2.75, 3.05) is 36.4 Å². The van der Waals surface area contributed by atoms with Gasteiger partial charge >= 0.3 is 0 Å². The average molecular weight is 256 g/mol. The smallest absolute Gasteiger partial charge is 0.246 e. The molecule has 19 heavy (non-hydrogen) atoms. The van der Waals surface area contributed by atoms with Crippen molar-refractivity contribution < 1.29 is 4.79 Å². The zero-order valence-corrected chi connectivity index (χ0v) is 10.6. The lowest BCUT2D eigenvalue weighted by molar-refractivity contribution is -0.117. The van der Waals surface area contributed by atoms with Gasteiger partial charge in [0.05, 0.1) is 29.6 Å². The van der Waals surface area contributed by atoms with Crippen LogP contribution in [0.25, 0.3) is 0 Å². The van der Waals surface area contributed by atoms with Gasteiger partial charge in [0, 0.05) is 6.54 Å². The minimum absolute atomic E-state index is 0.0782. The molecule has 0 aliphatic carbocycles. The van der Waals surface area contributed by atoms with Gasteiger partial charge in [-0.05, 0) is 43.6 Å². The lowest BCUT2D eigenvalue weighted by Gasteiger charge is -2.32. The second-order valence-electron chi connectivity index (χ2n) is 5.06. The summed E-state index contributed by atoms with van der Waals surface area (Å²) in [5.41, 5.74) is 2.36. The van der Waals surface area contributed by atoms with Gasteiger partial charge < -0.3 is 15.5 Å². The first kappa shape index (κ1) is 12.0. The number of nitrogens with one attached hydrogen (secondary N) is 2. The van der Waals surface area contributed by atoms with Crippen LogP contribution >= 0.6 is 0 Å². The van der Waals surface area contributed by atoms with E-state index in [0.717, 1.165) is 37.4 Å². The fourth-order valence-corrected chi connectivity index (χ4v) is 2.70. The molecule has 1 saturated heterocycles. The van der Waals surface area contributed by atoms with Gasteiger partial charge in [0.1, 0.15) is 0 Å². The highest BCUT2D eigenvalue weighted by atomic mass is 16.2. The van der Waals surface area contributed by atoms with Crippen molar-refractivity contribution in [3.8, 4) is 6.07 Å². The van der Waals surface area contributed by atoms with Crippen molar-refractivity contribution in [1.82, 2.24) is 5.32 Å². The van der Waals surface area contributed by atoms with Gasteiger partial charge in [-0.25, -0.2) is 0 Å². The van der Waals surface area contributed by atoms with Crippen LogP contribution in [0.3, 0.4) is 0 Å². The summed E-state index contributed by atoms with van der Waals surface area (Å²) in [6, 6.07) is 7.57. The summed E-state index contributed by atoms with van der Waals surface area (Å²) >= 11 is 0. The quantitative estimate of drug-likeness (QED) is 0.826. The Labute approximate surface area is 112 Å². The van der Waals surface area contributed by atoms with Crippen molar-refractivity contribution in [3.05, 3.63) is 23.8 Å². The maximum atomic E-state index is 12.1. The van der Waals surface area contributed by atoms with Crippen molar-refractivity contribution in [3.63, 3.8) is 0 Å². The van der Waals surface area contributed by atoms with E-state index >= 15 is 0 Å². The number of nitriles is 1. The summed E-state index contributed by atoms with van der Waals surface area (Å²) in [5, 5.41) is 15.4. The van der Waals surface area contributed by atoms with E-state index in [1.54, 1.807) is 12.1 Å². The summed E-state index contributed by atoms with van der Waals surface area (Å²) in [5.74, 6) is 0.579. The standard InChI is InChI=1S/C14H16N4O/c15-6-10-1-2-12-13(5-10)18(14(19)8-17-12)9-11-3-4-16-7-11/h1-2,5,11,16-17H,3-4,7-9H2. The fourth-order valence-electron chi connectivity index (χ4n) is 2.70. The van der Waals surface area contributed by atoms with E-state index in [-0.39, 0.29) is 5.91 Å². The average Bonchev–Trinajstić information content (AvgIpc) is 2.94. The van der Waals surface area contributed by atoms with Crippen LogP contribution in [0, 0.1) is 17.2 Å². The van der Waals surface area contributed by atoms with Gasteiger partial charge in [0.15, 0.2) is 0 Å². The van der Waals surface area contributed by atoms with Gasteiger partial charge in [-0.3, -0.25) is 4.79 Å². The van der Waals surface area contributed by atoms with Gasteiger partial charge in [-0.2, -0.15) is 5.26 Å². The number of carbonyl (C=O) groups excluding carboxylic acids is 1. The van der Waals surface area contributed by atoms with Gasteiger partial charge in [0.25, 0.3) is 0 Å². The van der Waals surface area contributed by atoms with E-state index < -0.39 is 0 Å². The molecule has 1 atom stereocenters. The minimum atomic E-state index is 0.0782. The Morgan fingerprint density at radius 3 is 3.11 bits per heavy atom. The third-order valence-electron chi connectivity index (χ3n) is 3.75. The molecule has 1 aromatic rings. The molecule has 2 aliphatic heterocycles. The zero-order chi connectivity index (χ0) is 13.2. The van der Waals surface area contributed by atoms with E-state index in [0.29, 0.717) is 18.0 Å². The van der Waals surface area contributed by atoms with Gasteiger partial charge in [0.2, 0.25) is 5.91 Å². The first-order valence-electron chi connectivity index (χ1n) is 6.57. The number of carbonyl (C=O) groups is 1. The van der Waals surface area contributed by atoms with Crippen LogP contribution in [0.1, 0.15) is 12.0 Å². The third kappa shape index (κ3) is 2.27. The lowest BCUT2D eigenvalue weighted by atomic mass is 10.1. The molecule has 3 rings (SSSR count). The predicted molar refractivity (Wildman–Crippen MR) is 73.0 cm³/mol. The second-order valence-corrected chi connectivity index (χ2v) is 5.06. The maximum absolute atomic E-state index is 12.1. The Balaban J connectivity index is 1.91. The van der Waals surface area contributed by atoms with Crippen LogP contribution in [0.5, 0.6) is 0 Å². The van der Waals surface area contributed by atoms with Crippen molar-refractivity contribution >= 4 is 17.3 Å². The molecule has 2 aliphatic rings. The number of hydrogen-bond donors (Lipinski definition) is 2. The molecule has 0 radical (unpaired) electrons. The number of nitrogens with zero attached hydrogens (tertiary/aromatic N) is 2. The zero-order valence-electron chi connectivity index (χ0n) is 10.6. The molecule has 0 saturated carbocycles. The first-order valence-corrected chi connectivity index (χ1v) is 6.57. The number of benzene rings is 1. The Bertz CT molecular complexity index is 543. The Hall–Kier alpha value is -2.06. The molecule has 5 nitrogen and oxygen atoms in total. The number of hydrogen-bond acceptors (Lipinski definition) is 4. The van der Waals surface area contributed by atoms with Crippen LogP contribution in [0.15, 0.2) is 18.2 Å². The number of amides is 1. The molecular formula is C14H16N4O. The molecule has 0 bridgehead atoms. The summed E-state index contributed by atoms with van der Waals surface area (Å²) in [6.07, 6.45) is 1.10. The van der Waals surface area contributed by atoms with E-state index in [2.05, 4.69) is 16.7 Å². The Kier molecular flexibility index (Phi) is 3.10. The first-order chi connectivity index (χ1) is 9.28. The monoisotopic (exact) mass is 256 g/mol. The SMILES string of the molecule is N#Cc1ccc2c(c1)N(CC1CCNC1)C(=O)CN2. The van der Waals surface area contributed by atoms with Crippen molar-refractivity contribution in [2.24, 2.45) is 5.92 Å². The number of fused-ring (bicyclic) bond motifs is 1. The molecule has 0 spiro atoms. The van der Waals surface area contributed by atoms with E-state index in [4.69, 9.17) is 5.26 Å². The van der Waals surface area contributed by atoms with E-state index in [9.17, 15) is 4.79 Å². The van der Waals surface area contributed by atoms with Crippen LogP contribution in [-0.2, 0) is 4.79 Å². The highest BCUT2D eigenvalue weighted by molar-refractivity contribution is 6.02. The number of anilines is 2. The summed E-state index contributed by atoms with van der Waals surface area (Å²) in [7, 11) is 0. The Morgan fingerprint density at radius 1 is 1.47 bits per heavy atom. The van der Waals surface area contributed by atoms with Crippen molar-refractivity contribution in [1.29, 1.82) is 5.26 Å². The molecule has 1 fully saturated rings. The summed E-state index contributed by atoms with van der Waals surface area (Å²) in [6.45, 7) is 3.05. The highest BCUT2D eigenvalue weighted by Gasteiger charge is 2.27. The number of rotatable bonds is 2. The largest absolute Gasteiger partial charge is 0.374 e. The molecule has 1 aromatic carbocycles. The molecule has 98 valence electrons. The summed E-state index contributed by atoms with van der Waals surface area (Å²) < 4.78 is 0. The second kappa shape index (κ2) is 4.90. The normalized spacial score (nSPS) is 21.7. The molecule has 2 N–H and O–H groups in total. The van der Waals surface area contributed by atoms with Gasteiger partial charge in [-0.15, -0.1) is 0 Å². The third-order valence-corrected chi connectivity index (χ3v) is 3.75. The van der Waals surface area contributed by atoms with E-state index in [1.807, 2.05) is 11.0 Å². The Morgan fingerprint density at radius 2 is 2.37 bits per heavy atom. The molecule has 1 unspecified atom stereocenters. The van der Waals surface area contributed by atoms with E-state index in [1.165, 1.54) is 0 Å². The molecule has 1 amide bonds. The van der Waals surface area contributed by atoms with Crippen molar-refractivity contribution in [2.45, 2.75) is 6.42 Å². The maximum Gasteiger partial charge on any atom is 0.246 e. The van der Waals surface area contributed by atoms with Crippen LogP contribution in [0.4, 0.5) is 11.4 Å². The minimum Gasteiger partial charge on any atom is -0.374 e. The lowest BCUT2D eigenvalue weighted by Crippen LogP contribution is -2.43. The molecule has 5 heteroatoms. The van der Waals surface area contributed by atoms with Gasteiger partial charge in [-0.1, -0.05) is 0 Å². The van der Waals surface area contributed by atoms with Crippen LogP contribution < -0.4 is 15.5 Å². The predicted octanol–water partition coefficient (Wildman–Crippen LogP) is 0.926. The fraction of sp³-hybridized carbons (Fsp3) is 0.429. The molecule has 0 aromatic heterocycles. The highest BCUT2D eigenvalue weighted by Crippen LogP contribution is 2.31. The van der Waals surface area contributed by atoms with Crippen LogP contribution in [-0.4, -0.2) is 32.1 Å². The molecular weight excluding hydrogens is 240 g/mol. The topological polar surface area (TPSA) is 68.2 Å².